The summed E-state index contributed by atoms with van der Waals surface area (Å²) in [6.45, 7) is 1.73. The van der Waals surface area contributed by atoms with Gasteiger partial charge < -0.3 is 9.67 Å². The average molecular weight is 272 g/mol. The van der Waals surface area contributed by atoms with Gasteiger partial charge in [-0.3, -0.25) is 0 Å². The van der Waals surface area contributed by atoms with E-state index in [1.54, 1.807) is 6.92 Å². The summed E-state index contributed by atoms with van der Waals surface area (Å²) in [7, 11) is 1.98. The van der Waals surface area contributed by atoms with Crippen LogP contribution in [0.25, 0.3) is 21.5 Å². The summed E-state index contributed by atoms with van der Waals surface area (Å²) in [6.07, 6.45) is 1.99. The van der Waals surface area contributed by atoms with E-state index in [1.165, 1.54) is 11.3 Å². The molecule has 0 radical (unpaired) electrons. The molecule has 0 unspecified atom stereocenters. The Morgan fingerprint density at radius 3 is 2.79 bits per heavy atom. The van der Waals surface area contributed by atoms with Crippen LogP contribution < -0.4 is 0 Å². The summed E-state index contributed by atoms with van der Waals surface area (Å²) in [5, 5.41) is 11.0. The number of aromatic carboxylic acids is 1. The molecule has 0 aliphatic rings. The molecule has 1 aromatic carbocycles. The molecule has 96 valence electrons. The van der Waals surface area contributed by atoms with Gasteiger partial charge in [-0.25, -0.2) is 9.78 Å². The van der Waals surface area contributed by atoms with Crippen molar-refractivity contribution in [1.29, 1.82) is 0 Å². The van der Waals surface area contributed by atoms with Crippen LogP contribution in [0.5, 0.6) is 0 Å². The van der Waals surface area contributed by atoms with E-state index in [4.69, 9.17) is 5.11 Å². The van der Waals surface area contributed by atoms with E-state index in [2.05, 4.69) is 4.98 Å². The molecule has 0 spiro atoms. The van der Waals surface area contributed by atoms with Crippen LogP contribution in [0.1, 0.15) is 15.4 Å². The lowest BCUT2D eigenvalue weighted by atomic mass is 10.2. The van der Waals surface area contributed by atoms with E-state index in [9.17, 15) is 4.79 Å². The van der Waals surface area contributed by atoms with E-state index in [-0.39, 0.29) is 0 Å². The predicted molar refractivity (Wildman–Crippen MR) is 75.7 cm³/mol. The minimum atomic E-state index is -0.915. The van der Waals surface area contributed by atoms with Crippen LogP contribution in [0.2, 0.25) is 0 Å². The first-order valence-electron chi connectivity index (χ1n) is 5.83. The van der Waals surface area contributed by atoms with Gasteiger partial charge >= 0.3 is 5.97 Å². The second-order valence-electron chi connectivity index (χ2n) is 4.41. The van der Waals surface area contributed by atoms with Gasteiger partial charge in [-0.15, -0.1) is 11.3 Å². The number of para-hydroxylation sites is 1. The van der Waals surface area contributed by atoms with E-state index in [0.29, 0.717) is 10.6 Å². The number of carboxylic acids is 1. The molecule has 0 fully saturated rings. The summed E-state index contributed by atoms with van der Waals surface area (Å²) < 4.78 is 2.03. The number of thiazole rings is 1. The van der Waals surface area contributed by atoms with Crippen LogP contribution in [0.4, 0.5) is 0 Å². The largest absolute Gasteiger partial charge is 0.477 e. The average Bonchev–Trinajstić information content (AvgIpc) is 2.91. The molecular weight excluding hydrogens is 260 g/mol. The Morgan fingerprint density at radius 1 is 1.37 bits per heavy atom. The fourth-order valence-electron chi connectivity index (χ4n) is 2.22. The highest BCUT2D eigenvalue weighted by atomic mass is 32.1. The number of aryl methyl sites for hydroxylation is 2. The van der Waals surface area contributed by atoms with Crippen molar-refractivity contribution in [3.05, 3.63) is 41.0 Å². The molecule has 0 aliphatic heterocycles. The van der Waals surface area contributed by atoms with Gasteiger partial charge in [0.1, 0.15) is 9.88 Å². The Labute approximate surface area is 113 Å². The lowest BCUT2D eigenvalue weighted by molar-refractivity contribution is 0.0701. The molecule has 5 heteroatoms. The second kappa shape index (κ2) is 4.20. The maximum absolute atomic E-state index is 11.1. The van der Waals surface area contributed by atoms with Crippen molar-refractivity contribution >= 4 is 28.2 Å². The number of carbonyl (C=O) groups is 1. The fourth-order valence-corrected chi connectivity index (χ4v) is 3.15. The van der Waals surface area contributed by atoms with Crippen molar-refractivity contribution in [2.45, 2.75) is 6.92 Å². The number of hydrogen-bond acceptors (Lipinski definition) is 3. The molecular formula is C14H12N2O2S. The first kappa shape index (κ1) is 11.9. The van der Waals surface area contributed by atoms with E-state index >= 15 is 0 Å². The molecule has 0 aliphatic carbocycles. The summed E-state index contributed by atoms with van der Waals surface area (Å²) in [6, 6.07) is 8.03. The number of benzene rings is 1. The van der Waals surface area contributed by atoms with Crippen molar-refractivity contribution in [2.75, 3.05) is 0 Å². The Balaban J connectivity index is 2.25. The van der Waals surface area contributed by atoms with Gasteiger partial charge in [0.25, 0.3) is 0 Å². The van der Waals surface area contributed by atoms with Gasteiger partial charge in [0, 0.05) is 29.7 Å². The zero-order chi connectivity index (χ0) is 13.6. The summed E-state index contributed by atoms with van der Waals surface area (Å²) >= 11 is 1.22. The standard InChI is InChI=1S/C14H12N2O2S/c1-8-12(14(17)18)19-13(15-8)10-7-16(2)11-6-4-3-5-9(10)11/h3-7H,1-2H3,(H,17,18). The highest BCUT2D eigenvalue weighted by molar-refractivity contribution is 7.17. The zero-order valence-electron chi connectivity index (χ0n) is 10.5. The fraction of sp³-hybridized carbons (Fsp3) is 0.143. The maximum Gasteiger partial charge on any atom is 0.347 e. The van der Waals surface area contributed by atoms with Crippen LogP contribution in [0.15, 0.2) is 30.5 Å². The molecule has 19 heavy (non-hydrogen) atoms. The molecule has 4 nitrogen and oxygen atoms in total. The van der Waals surface area contributed by atoms with Crippen molar-refractivity contribution in [1.82, 2.24) is 9.55 Å². The normalized spacial score (nSPS) is 11.1. The van der Waals surface area contributed by atoms with Gasteiger partial charge in [0.15, 0.2) is 0 Å². The number of aromatic nitrogens is 2. The van der Waals surface area contributed by atoms with Crippen LogP contribution in [0.3, 0.4) is 0 Å². The minimum Gasteiger partial charge on any atom is -0.477 e. The van der Waals surface area contributed by atoms with Gasteiger partial charge in [-0.05, 0) is 13.0 Å². The van der Waals surface area contributed by atoms with Crippen LogP contribution in [-0.4, -0.2) is 20.6 Å². The smallest absolute Gasteiger partial charge is 0.347 e. The number of fused-ring (bicyclic) bond motifs is 1. The van der Waals surface area contributed by atoms with Crippen LogP contribution in [0, 0.1) is 6.92 Å². The van der Waals surface area contributed by atoms with Crippen molar-refractivity contribution < 1.29 is 9.90 Å². The molecule has 2 heterocycles. The third-order valence-corrected chi connectivity index (χ3v) is 4.30. The molecule has 0 amide bonds. The van der Waals surface area contributed by atoms with Crippen LogP contribution >= 0.6 is 11.3 Å². The highest BCUT2D eigenvalue weighted by Gasteiger charge is 2.17. The Kier molecular flexibility index (Phi) is 2.64. The molecule has 2 aromatic heterocycles. The molecule has 1 N–H and O–H groups in total. The van der Waals surface area contributed by atoms with E-state index in [1.807, 2.05) is 42.1 Å². The third-order valence-electron chi connectivity index (χ3n) is 3.12. The van der Waals surface area contributed by atoms with Gasteiger partial charge in [0.05, 0.1) is 5.69 Å². The first-order chi connectivity index (χ1) is 9.08. The minimum absolute atomic E-state index is 0.308. The van der Waals surface area contributed by atoms with Crippen molar-refractivity contribution in [3.8, 4) is 10.6 Å². The summed E-state index contributed by atoms with van der Waals surface area (Å²) in [5.74, 6) is -0.915. The number of rotatable bonds is 2. The van der Waals surface area contributed by atoms with E-state index < -0.39 is 5.97 Å². The Morgan fingerprint density at radius 2 is 2.11 bits per heavy atom. The Bertz CT molecular complexity index is 786. The predicted octanol–water partition coefficient (Wildman–Crippen LogP) is 3.31. The van der Waals surface area contributed by atoms with Gasteiger partial charge in [-0.1, -0.05) is 18.2 Å². The summed E-state index contributed by atoms with van der Waals surface area (Å²) in [4.78, 5) is 15.8. The second-order valence-corrected chi connectivity index (χ2v) is 5.41. The van der Waals surface area contributed by atoms with E-state index in [0.717, 1.165) is 21.5 Å². The number of carboxylic acid groups (broad SMARTS) is 1. The quantitative estimate of drug-likeness (QED) is 0.778. The molecule has 3 aromatic rings. The SMILES string of the molecule is Cc1nc(-c2cn(C)c3ccccc23)sc1C(=O)O. The Hall–Kier alpha value is -2.14. The molecule has 0 bridgehead atoms. The van der Waals surface area contributed by atoms with Gasteiger partial charge in [0.2, 0.25) is 0 Å². The van der Waals surface area contributed by atoms with Crippen LogP contribution in [-0.2, 0) is 7.05 Å². The summed E-state index contributed by atoms with van der Waals surface area (Å²) in [5.41, 5.74) is 2.67. The lowest BCUT2D eigenvalue weighted by Crippen LogP contribution is -1.94. The monoisotopic (exact) mass is 272 g/mol. The van der Waals surface area contributed by atoms with Crippen molar-refractivity contribution in [2.24, 2.45) is 7.05 Å². The molecule has 3 rings (SSSR count). The lowest BCUT2D eigenvalue weighted by Gasteiger charge is -1.93. The zero-order valence-corrected chi connectivity index (χ0v) is 11.4. The highest BCUT2D eigenvalue weighted by Crippen LogP contribution is 2.34. The molecule has 0 atom stereocenters. The number of hydrogen-bond donors (Lipinski definition) is 1. The first-order valence-corrected chi connectivity index (χ1v) is 6.64. The number of nitrogens with zero attached hydrogens (tertiary/aromatic N) is 2. The third kappa shape index (κ3) is 1.82. The van der Waals surface area contributed by atoms with Gasteiger partial charge in [-0.2, -0.15) is 0 Å². The molecule has 0 saturated carbocycles. The maximum atomic E-state index is 11.1. The topological polar surface area (TPSA) is 55.1 Å². The molecule has 0 saturated heterocycles. The van der Waals surface area contributed by atoms with Crippen molar-refractivity contribution in [3.63, 3.8) is 0 Å².